The van der Waals surface area contributed by atoms with Crippen LogP contribution in [-0.2, 0) is 0 Å². The number of aromatic nitrogens is 1. The minimum atomic E-state index is -0.112. The summed E-state index contributed by atoms with van der Waals surface area (Å²) < 4.78 is 5.88. The number of amides is 1. The lowest BCUT2D eigenvalue weighted by Gasteiger charge is -2.23. The largest absolute Gasteiger partial charge is 0.451 e. The molecule has 1 amide bonds. The third-order valence-corrected chi connectivity index (χ3v) is 5.43. The second-order valence-corrected chi connectivity index (χ2v) is 7.73. The third-order valence-electron chi connectivity index (χ3n) is 4.52. The number of furan rings is 1. The Morgan fingerprint density at radius 2 is 1.96 bits per heavy atom. The molecule has 0 saturated carbocycles. The highest BCUT2D eigenvalue weighted by atomic mass is 32.1. The van der Waals surface area contributed by atoms with Crippen LogP contribution in [0.3, 0.4) is 0 Å². The highest BCUT2D eigenvalue weighted by Crippen LogP contribution is 2.30. The van der Waals surface area contributed by atoms with Crippen LogP contribution in [0.15, 0.2) is 22.6 Å². The van der Waals surface area contributed by atoms with Crippen LogP contribution in [0.4, 0.5) is 0 Å². The third kappa shape index (κ3) is 2.73. The van der Waals surface area contributed by atoms with Gasteiger partial charge in [0.2, 0.25) is 0 Å². The summed E-state index contributed by atoms with van der Waals surface area (Å²) >= 11 is 1.66. The van der Waals surface area contributed by atoms with E-state index in [0.717, 1.165) is 37.7 Å². The highest BCUT2D eigenvalue weighted by Gasteiger charge is 2.27. The molecule has 126 valence electrons. The molecule has 5 heteroatoms. The molecular weight excluding hydrogens is 320 g/mol. The summed E-state index contributed by atoms with van der Waals surface area (Å²) in [5.41, 5.74) is 3.72. The Morgan fingerprint density at radius 3 is 2.58 bits per heavy atom. The molecule has 1 atom stereocenters. The van der Waals surface area contributed by atoms with E-state index in [4.69, 9.17) is 4.42 Å². The average molecular weight is 342 g/mol. The quantitative estimate of drug-likeness (QED) is 0.676. The molecule has 0 N–H and O–H groups in total. The molecule has 3 rings (SSSR count). The molecule has 0 bridgehead atoms. The van der Waals surface area contributed by atoms with Crippen molar-refractivity contribution < 1.29 is 9.21 Å². The van der Waals surface area contributed by atoms with E-state index in [1.165, 1.54) is 0 Å². The second kappa shape index (κ2) is 6.06. The maximum atomic E-state index is 13.0. The normalized spacial score (nSPS) is 12.6. The molecule has 0 saturated heterocycles. The van der Waals surface area contributed by atoms with Crippen molar-refractivity contribution in [2.24, 2.45) is 0 Å². The van der Waals surface area contributed by atoms with Crippen LogP contribution < -0.4 is 0 Å². The average Bonchev–Trinajstić information content (AvgIpc) is 3.04. The van der Waals surface area contributed by atoms with Gasteiger partial charge in [0.1, 0.15) is 5.58 Å². The molecule has 0 radical (unpaired) electrons. The van der Waals surface area contributed by atoms with Crippen molar-refractivity contribution in [3.63, 3.8) is 0 Å². The predicted molar refractivity (Wildman–Crippen MR) is 97.8 cm³/mol. The van der Waals surface area contributed by atoms with Crippen LogP contribution >= 0.6 is 11.3 Å². The van der Waals surface area contributed by atoms with Crippen molar-refractivity contribution >= 4 is 28.2 Å². The summed E-state index contributed by atoms with van der Waals surface area (Å²) in [6.45, 7) is 9.98. The van der Waals surface area contributed by atoms with E-state index in [0.29, 0.717) is 5.76 Å². The maximum Gasteiger partial charge on any atom is 0.290 e. The number of carbonyl (C=O) groups excluding carboxylic acids is 1. The first kappa shape index (κ1) is 16.7. The molecule has 0 aliphatic rings. The summed E-state index contributed by atoms with van der Waals surface area (Å²) in [5.74, 6) is 0.300. The molecule has 0 fully saturated rings. The van der Waals surface area contributed by atoms with E-state index in [1.54, 1.807) is 23.3 Å². The number of aryl methyl sites for hydroxylation is 4. The molecule has 1 unspecified atom stereocenters. The van der Waals surface area contributed by atoms with Crippen LogP contribution in [0.2, 0.25) is 0 Å². The zero-order valence-corrected chi connectivity index (χ0v) is 15.7. The van der Waals surface area contributed by atoms with Crippen molar-refractivity contribution in [2.75, 3.05) is 7.05 Å². The van der Waals surface area contributed by atoms with Gasteiger partial charge in [0.25, 0.3) is 5.91 Å². The van der Waals surface area contributed by atoms with Crippen LogP contribution in [0, 0.1) is 27.7 Å². The highest BCUT2D eigenvalue weighted by molar-refractivity contribution is 7.11. The lowest BCUT2D eigenvalue weighted by molar-refractivity contribution is 0.0709. The van der Waals surface area contributed by atoms with Crippen LogP contribution in [0.5, 0.6) is 0 Å². The molecule has 2 heterocycles. The molecule has 0 aliphatic carbocycles. The van der Waals surface area contributed by atoms with Gasteiger partial charge in [-0.25, -0.2) is 4.98 Å². The van der Waals surface area contributed by atoms with Gasteiger partial charge in [0.05, 0.1) is 16.7 Å². The van der Waals surface area contributed by atoms with E-state index in [2.05, 4.69) is 4.98 Å². The Labute approximate surface area is 146 Å². The van der Waals surface area contributed by atoms with Gasteiger partial charge >= 0.3 is 0 Å². The summed E-state index contributed by atoms with van der Waals surface area (Å²) in [6.07, 6.45) is 0. The van der Waals surface area contributed by atoms with Gasteiger partial charge in [-0.2, -0.15) is 0 Å². The Balaban J connectivity index is 1.96. The van der Waals surface area contributed by atoms with Crippen LogP contribution in [-0.4, -0.2) is 22.8 Å². The van der Waals surface area contributed by atoms with Crippen molar-refractivity contribution in [3.05, 3.63) is 50.7 Å². The van der Waals surface area contributed by atoms with Gasteiger partial charge in [-0.05, 0) is 46.2 Å². The smallest absolute Gasteiger partial charge is 0.290 e. The van der Waals surface area contributed by atoms with Crippen molar-refractivity contribution in [3.8, 4) is 0 Å². The van der Waals surface area contributed by atoms with Gasteiger partial charge < -0.3 is 9.32 Å². The lowest BCUT2D eigenvalue weighted by Crippen LogP contribution is -2.30. The van der Waals surface area contributed by atoms with Gasteiger partial charge in [-0.1, -0.05) is 12.1 Å². The zero-order chi connectivity index (χ0) is 17.6. The summed E-state index contributed by atoms with van der Waals surface area (Å²) in [6, 6.07) is 5.91. The summed E-state index contributed by atoms with van der Waals surface area (Å²) in [7, 11) is 1.80. The first-order valence-electron chi connectivity index (χ1n) is 8.00. The van der Waals surface area contributed by atoms with E-state index < -0.39 is 0 Å². The monoisotopic (exact) mass is 342 g/mol. The summed E-state index contributed by atoms with van der Waals surface area (Å²) in [4.78, 5) is 20.4. The Bertz CT molecular complexity index is 923. The SMILES string of the molecule is Cc1ccc2c(C)c(C(=O)N(C)C(C)c3nc(C)sc3C)oc2c1. The lowest BCUT2D eigenvalue weighted by atomic mass is 10.1. The van der Waals surface area contributed by atoms with Crippen molar-refractivity contribution in [1.82, 2.24) is 9.88 Å². The van der Waals surface area contributed by atoms with Gasteiger partial charge in [0.15, 0.2) is 5.76 Å². The fraction of sp³-hybridized carbons (Fsp3) is 0.368. The Kier molecular flexibility index (Phi) is 4.22. The second-order valence-electron chi connectivity index (χ2n) is 6.32. The molecule has 0 aliphatic heterocycles. The Morgan fingerprint density at radius 1 is 1.25 bits per heavy atom. The molecule has 0 spiro atoms. The standard InChI is InChI=1S/C19H22N2O2S/c1-10-7-8-15-11(2)18(23-16(15)9-10)19(22)21(6)12(3)17-13(4)24-14(5)20-17/h7-9,12H,1-6H3. The molecule has 4 nitrogen and oxygen atoms in total. The topological polar surface area (TPSA) is 46.3 Å². The fourth-order valence-corrected chi connectivity index (χ4v) is 3.90. The molecule has 24 heavy (non-hydrogen) atoms. The van der Waals surface area contributed by atoms with Gasteiger partial charge in [-0.3, -0.25) is 4.79 Å². The maximum absolute atomic E-state index is 13.0. The molecular formula is C19H22N2O2S. The first-order valence-corrected chi connectivity index (χ1v) is 8.82. The number of carbonyl (C=O) groups is 1. The number of hydrogen-bond donors (Lipinski definition) is 0. The van der Waals surface area contributed by atoms with E-state index in [-0.39, 0.29) is 11.9 Å². The molecule has 2 aromatic heterocycles. The Hall–Kier alpha value is -2.14. The fourth-order valence-electron chi connectivity index (χ4n) is 2.99. The first-order chi connectivity index (χ1) is 11.3. The van der Waals surface area contributed by atoms with Crippen LogP contribution in [0.1, 0.15) is 50.2 Å². The molecule has 3 aromatic rings. The van der Waals surface area contributed by atoms with Crippen LogP contribution in [0.25, 0.3) is 11.0 Å². The molecule has 1 aromatic carbocycles. The number of fused-ring (bicyclic) bond motifs is 1. The van der Waals surface area contributed by atoms with Gasteiger partial charge in [0, 0.05) is 22.9 Å². The van der Waals surface area contributed by atoms with E-state index >= 15 is 0 Å². The minimum absolute atomic E-state index is 0.100. The zero-order valence-electron chi connectivity index (χ0n) is 14.9. The summed E-state index contributed by atoms with van der Waals surface area (Å²) in [5, 5.41) is 2.01. The number of nitrogens with zero attached hydrogens (tertiary/aromatic N) is 2. The number of benzene rings is 1. The van der Waals surface area contributed by atoms with Crippen molar-refractivity contribution in [2.45, 2.75) is 40.7 Å². The number of rotatable bonds is 3. The van der Waals surface area contributed by atoms with Crippen molar-refractivity contribution in [1.29, 1.82) is 0 Å². The van der Waals surface area contributed by atoms with Gasteiger partial charge in [-0.15, -0.1) is 11.3 Å². The van der Waals surface area contributed by atoms with E-state index in [9.17, 15) is 4.79 Å². The predicted octanol–water partition coefficient (Wildman–Crippen LogP) is 4.96. The number of hydrogen-bond acceptors (Lipinski definition) is 4. The minimum Gasteiger partial charge on any atom is -0.451 e. The number of thiazole rings is 1. The van der Waals surface area contributed by atoms with E-state index in [1.807, 2.05) is 52.8 Å².